The second kappa shape index (κ2) is 5.17. The summed E-state index contributed by atoms with van der Waals surface area (Å²) in [6, 6.07) is 21.5. The van der Waals surface area contributed by atoms with Crippen LogP contribution in [0.25, 0.3) is 11.1 Å². The molecule has 2 aliphatic carbocycles. The Balaban J connectivity index is 2.10. The molecule has 0 heterocycles. The van der Waals surface area contributed by atoms with Gasteiger partial charge in [-0.05, 0) is 34.7 Å². The summed E-state index contributed by atoms with van der Waals surface area (Å²) < 4.78 is 0. The van der Waals surface area contributed by atoms with Gasteiger partial charge in [0.05, 0.1) is 5.56 Å². The SMILES string of the molecule is O=C(O)c1cc(Cc2ccccc2)c2cccccc1-2. The molecule has 2 heteroatoms. The van der Waals surface area contributed by atoms with Crippen LogP contribution in [0.3, 0.4) is 0 Å². The molecule has 0 aliphatic heterocycles. The molecule has 0 radical (unpaired) electrons. The number of carboxylic acid groups (broad SMARTS) is 1. The minimum atomic E-state index is -0.875. The zero-order valence-corrected chi connectivity index (χ0v) is 10.9. The van der Waals surface area contributed by atoms with Gasteiger partial charge in [-0.3, -0.25) is 0 Å². The van der Waals surface area contributed by atoms with Crippen molar-refractivity contribution in [3.8, 4) is 11.1 Å². The van der Waals surface area contributed by atoms with Gasteiger partial charge in [0.1, 0.15) is 0 Å². The Hall–Kier alpha value is -2.61. The molecule has 0 aromatic heterocycles. The Bertz CT molecular complexity index is 717. The van der Waals surface area contributed by atoms with Crippen LogP contribution in [0.1, 0.15) is 21.5 Å². The topological polar surface area (TPSA) is 37.3 Å². The molecule has 20 heavy (non-hydrogen) atoms. The molecule has 2 aliphatic rings. The predicted octanol–water partition coefficient (Wildman–Crippen LogP) is 4.08. The van der Waals surface area contributed by atoms with Crippen LogP contribution in [0.15, 0.2) is 66.7 Å². The Morgan fingerprint density at radius 2 is 1.45 bits per heavy atom. The molecule has 1 aromatic carbocycles. The lowest BCUT2D eigenvalue weighted by Gasteiger charge is -2.02. The van der Waals surface area contributed by atoms with Crippen molar-refractivity contribution in [2.75, 3.05) is 0 Å². The fourth-order valence-electron chi connectivity index (χ4n) is 2.53. The first-order valence-electron chi connectivity index (χ1n) is 6.53. The number of carboxylic acids is 1. The first kappa shape index (κ1) is 12.4. The first-order valence-corrected chi connectivity index (χ1v) is 6.53. The Morgan fingerprint density at radius 3 is 2.10 bits per heavy atom. The van der Waals surface area contributed by atoms with Crippen LogP contribution >= 0.6 is 0 Å². The lowest BCUT2D eigenvalue weighted by atomic mass is 10.0. The van der Waals surface area contributed by atoms with E-state index in [1.54, 1.807) is 6.07 Å². The van der Waals surface area contributed by atoms with Crippen molar-refractivity contribution in [3.05, 3.63) is 83.4 Å². The fraction of sp³-hybridized carbons (Fsp3) is 0.0556. The molecule has 0 amide bonds. The number of fused-ring (bicyclic) bond motifs is 1. The summed E-state index contributed by atoms with van der Waals surface area (Å²) in [6.07, 6.45) is 0.745. The monoisotopic (exact) mass is 262 g/mol. The van der Waals surface area contributed by atoms with E-state index in [9.17, 15) is 9.90 Å². The van der Waals surface area contributed by atoms with Crippen LogP contribution in [-0.4, -0.2) is 11.1 Å². The van der Waals surface area contributed by atoms with E-state index < -0.39 is 5.97 Å². The van der Waals surface area contributed by atoms with Gasteiger partial charge in [0, 0.05) is 0 Å². The fourth-order valence-corrected chi connectivity index (χ4v) is 2.53. The summed E-state index contributed by atoms with van der Waals surface area (Å²) in [6.45, 7) is 0. The zero-order chi connectivity index (χ0) is 13.9. The largest absolute Gasteiger partial charge is 0.478 e. The summed E-state index contributed by atoms with van der Waals surface area (Å²) >= 11 is 0. The molecular formula is C18H14O2. The minimum absolute atomic E-state index is 0.377. The molecule has 1 N–H and O–H groups in total. The van der Waals surface area contributed by atoms with Crippen molar-refractivity contribution in [1.29, 1.82) is 0 Å². The molecule has 2 nitrogen and oxygen atoms in total. The van der Waals surface area contributed by atoms with Gasteiger partial charge in [-0.2, -0.15) is 0 Å². The van der Waals surface area contributed by atoms with Crippen molar-refractivity contribution in [3.63, 3.8) is 0 Å². The number of hydrogen-bond donors (Lipinski definition) is 1. The Kier molecular flexibility index (Phi) is 3.21. The molecule has 0 bridgehead atoms. The highest BCUT2D eigenvalue weighted by atomic mass is 16.4. The van der Waals surface area contributed by atoms with Crippen molar-refractivity contribution < 1.29 is 9.90 Å². The molecule has 98 valence electrons. The third kappa shape index (κ3) is 2.28. The smallest absolute Gasteiger partial charge is 0.336 e. The van der Waals surface area contributed by atoms with Gasteiger partial charge < -0.3 is 5.11 Å². The summed E-state index contributed by atoms with van der Waals surface area (Å²) in [7, 11) is 0. The van der Waals surface area contributed by atoms with Gasteiger partial charge in [-0.15, -0.1) is 0 Å². The van der Waals surface area contributed by atoms with Gasteiger partial charge in [0.15, 0.2) is 0 Å². The maximum absolute atomic E-state index is 11.4. The average Bonchev–Trinajstić information content (AvgIpc) is 2.63. The quantitative estimate of drug-likeness (QED) is 0.772. The highest BCUT2D eigenvalue weighted by Gasteiger charge is 2.18. The average molecular weight is 262 g/mol. The van der Waals surface area contributed by atoms with Crippen LogP contribution in [0.4, 0.5) is 0 Å². The molecule has 3 rings (SSSR count). The highest BCUT2D eigenvalue weighted by Crippen LogP contribution is 2.33. The molecule has 0 saturated carbocycles. The van der Waals surface area contributed by atoms with E-state index in [2.05, 4.69) is 12.1 Å². The standard InChI is InChI=1S/C18H14O2/c19-18(20)17-12-14(11-13-7-3-1-4-8-13)15-9-5-2-6-10-16(15)17/h1-10,12H,11H2,(H,19,20). The summed E-state index contributed by atoms with van der Waals surface area (Å²) in [5.74, 6) is -0.875. The normalized spacial score (nSPS) is 10.6. The van der Waals surface area contributed by atoms with E-state index in [-0.39, 0.29) is 0 Å². The summed E-state index contributed by atoms with van der Waals surface area (Å²) in [4.78, 5) is 11.4. The highest BCUT2D eigenvalue weighted by molar-refractivity contribution is 5.99. The van der Waals surface area contributed by atoms with Crippen LogP contribution in [-0.2, 0) is 6.42 Å². The van der Waals surface area contributed by atoms with Crippen molar-refractivity contribution in [1.82, 2.24) is 0 Å². The minimum Gasteiger partial charge on any atom is -0.478 e. The van der Waals surface area contributed by atoms with E-state index >= 15 is 0 Å². The number of carbonyl (C=O) groups is 1. The third-order valence-electron chi connectivity index (χ3n) is 3.46. The molecule has 0 saturated heterocycles. The molecule has 0 unspecified atom stereocenters. The maximum Gasteiger partial charge on any atom is 0.336 e. The van der Waals surface area contributed by atoms with Crippen LogP contribution in [0.5, 0.6) is 0 Å². The van der Waals surface area contributed by atoms with Crippen molar-refractivity contribution in [2.24, 2.45) is 0 Å². The third-order valence-corrected chi connectivity index (χ3v) is 3.46. The van der Waals surface area contributed by atoms with E-state index in [1.165, 1.54) is 5.56 Å². The van der Waals surface area contributed by atoms with Gasteiger partial charge in [0.2, 0.25) is 0 Å². The van der Waals surface area contributed by atoms with E-state index in [0.29, 0.717) is 5.56 Å². The predicted molar refractivity (Wildman–Crippen MR) is 79.3 cm³/mol. The van der Waals surface area contributed by atoms with Gasteiger partial charge in [-0.25, -0.2) is 4.79 Å². The number of benzene rings is 1. The van der Waals surface area contributed by atoms with Crippen LogP contribution in [0.2, 0.25) is 0 Å². The van der Waals surface area contributed by atoms with E-state index in [1.807, 2.05) is 48.5 Å². The Labute approximate surface area is 117 Å². The van der Waals surface area contributed by atoms with E-state index in [0.717, 1.165) is 23.1 Å². The second-order valence-corrected chi connectivity index (χ2v) is 4.79. The maximum atomic E-state index is 11.4. The Morgan fingerprint density at radius 1 is 0.850 bits per heavy atom. The van der Waals surface area contributed by atoms with Gasteiger partial charge in [-0.1, -0.05) is 60.7 Å². The zero-order valence-electron chi connectivity index (χ0n) is 10.9. The number of rotatable bonds is 3. The van der Waals surface area contributed by atoms with Crippen molar-refractivity contribution >= 4 is 5.97 Å². The molecular weight excluding hydrogens is 248 g/mol. The second-order valence-electron chi connectivity index (χ2n) is 4.79. The van der Waals surface area contributed by atoms with E-state index in [4.69, 9.17) is 0 Å². The number of hydrogen-bond acceptors (Lipinski definition) is 1. The molecule has 0 atom stereocenters. The number of aromatic carboxylic acids is 1. The van der Waals surface area contributed by atoms with Gasteiger partial charge in [0.25, 0.3) is 0 Å². The van der Waals surface area contributed by atoms with Crippen LogP contribution in [0, 0.1) is 0 Å². The molecule has 1 aromatic rings. The van der Waals surface area contributed by atoms with Crippen molar-refractivity contribution in [2.45, 2.75) is 6.42 Å². The summed E-state index contributed by atoms with van der Waals surface area (Å²) in [5.41, 5.74) is 4.43. The van der Waals surface area contributed by atoms with Crippen LogP contribution < -0.4 is 0 Å². The molecule has 0 spiro atoms. The lowest BCUT2D eigenvalue weighted by molar-refractivity contribution is 0.0698. The van der Waals surface area contributed by atoms with Gasteiger partial charge >= 0.3 is 5.97 Å². The summed E-state index contributed by atoms with van der Waals surface area (Å²) in [5, 5.41) is 9.34. The molecule has 0 fully saturated rings. The lowest BCUT2D eigenvalue weighted by Crippen LogP contribution is -1.94. The first-order chi connectivity index (χ1) is 9.75.